The Hall–Kier alpha value is -2.21. The van der Waals surface area contributed by atoms with Gasteiger partial charge < -0.3 is 19.9 Å². The normalized spacial score (nSPS) is 14.2. The van der Waals surface area contributed by atoms with Crippen molar-refractivity contribution in [3.05, 3.63) is 35.4 Å². The molecule has 0 spiro atoms. The van der Waals surface area contributed by atoms with E-state index in [0.717, 1.165) is 17.7 Å². The first kappa shape index (κ1) is 19.1. The molecule has 25 heavy (non-hydrogen) atoms. The van der Waals surface area contributed by atoms with E-state index >= 15 is 0 Å². The number of methoxy groups -OCH3 is 1. The molecule has 1 fully saturated rings. The summed E-state index contributed by atoms with van der Waals surface area (Å²) in [6.07, 6.45) is 2.10. The smallest absolute Gasteiger partial charge is 0.246 e. The Bertz CT molecular complexity index is 655. The van der Waals surface area contributed by atoms with Gasteiger partial charge in [0.15, 0.2) is 0 Å². The van der Waals surface area contributed by atoms with Crippen LogP contribution in [0.1, 0.15) is 12.5 Å². The van der Waals surface area contributed by atoms with Crippen LogP contribution in [0.5, 0.6) is 5.75 Å². The number of carbonyl (C=O) groups is 2. The monoisotopic (exact) mass is 365 g/mol. The van der Waals surface area contributed by atoms with Gasteiger partial charge in [-0.05, 0) is 24.1 Å². The average molecular weight is 366 g/mol. The van der Waals surface area contributed by atoms with Crippen LogP contribution in [0.15, 0.2) is 24.8 Å². The van der Waals surface area contributed by atoms with E-state index in [1.165, 1.54) is 6.08 Å². The highest BCUT2D eigenvalue weighted by atomic mass is 35.5. The van der Waals surface area contributed by atoms with E-state index in [9.17, 15) is 9.59 Å². The Kier molecular flexibility index (Phi) is 6.70. The largest absolute Gasteiger partial charge is 0.495 e. The number of amides is 2. The van der Waals surface area contributed by atoms with Crippen molar-refractivity contribution in [3.63, 3.8) is 0 Å². The van der Waals surface area contributed by atoms with E-state index in [1.807, 2.05) is 13.0 Å². The van der Waals surface area contributed by atoms with Crippen LogP contribution in [0.2, 0.25) is 5.02 Å². The van der Waals surface area contributed by atoms with Gasteiger partial charge in [-0.15, -0.1) is 0 Å². The van der Waals surface area contributed by atoms with Crippen molar-refractivity contribution in [2.24, 2.45) is 0 Å². The number of hydrogen-bond acceptors (Lipinski definition) is 4. The number of halogens is 1. The molecule has 0 saturated carbocycles. The van der Waals surface area contributed by atoms with Crippen molar-refractivity contribution in [1.29, 1.82) is 0 Å². The zero-order valence-electron chi connectivity index (χ0n) is 14.7. The fraction of sp³-hybridized carbons (Fsp3) is 0.444. The second-order valence-corrected chi connectivity index (χ2v) is 6.17. The topological polar surface area (TPSA) is 61.9 Å². The molecule has 1 aromatic carbocycles. The second kappa shape index (κ2) is 8.76. The van der Waals surface area contributed by atoms with Crippen LogP contribution in [0.25, 0.3) is 0 Å². The van der Waals surface area contributed by atoms with Crippen molar-refractivity contribution in [2.75, 3.05) is 45.2 Å². The van der Waals surface area contributed by atoms with E-state index in [2.05, 4.69) is 11.9 Å². The molecule has 1 heterocycles. The number of hydrogen-bond donors (Lipinski definition) is 1. The lowest BCUT2D eigenvalue weighted by molar-refractivity contribution is -0.135. The van der Waals surface area contributed by atoms with Crippen LogP contribution < -0.4 is 10.1 Å². The third-order valence-corrected chi connectivity index (χ3v) is 4.65. The minimum absolute atomic E-state index is 0.0132. The summed E-state index contributed by atoms with van der Waals surface area (Å²) in [5, 5.41) is 3.79. The lowest BCUT2D eigenvalue weighted by Gasteiger charge is -2.34. The van der Waals surface area contributed by atoms with Crippen molar-refractivity contribution in [3.8, 4) is 5.75 Å². The van der Waals surface area contributed by atoms with E-state index in [4.69, 9.17) is 16.3 Å². The highest BCUT2D eigenvalue weighted by Gasteiger charge is 2.22. The molecule has 0 unspecified atom stereocenters. The molecule has 7 heteroatoms. The van der Waals surface area contributed by atoms with E-state index in [0.29, 0.717) is 37.0 Å². The number of ether oxygens (including phenoxy) is 1. The van der Waals surface area contributed by atoms with Crippen LogP contribution in [-0.2, 0) is 16.0 Å². The Balaban J connectivity index is 1.94. The summed E-state index contributed by atoms with van der Waals surface area (Å²) in [6, 6.07) is 3.67. The molecule has 0 aromatic heterocycles. The number of nitrogens with zero attached hydrogens (tertiary/aromatic N) is 2. The maximum atomic E-state index is 12.4. The van der Waals surface area contributed by atoms with Gasteiger partial charge in [0.1, 0.15) is 5.75 Å². The van der Waals surface area contributed by atoms with Gasteiger partial charge in [0.2, 0.25) is 11.8 Å². The van der Waals surface area contributed by atoms with Gasteiger partial charge in [-0.1, -0.05) is 25.1 Å². The number of carbonyl (C=O) groups excluding carboxylic acids is 2. The van der Waals surface area contributed by atoms with Crippen LogP contribution in [-0.4, -0.2) is 61.4 Å². The number of anilines is 1. The third kappa shape index (κ3) is 4.66. The predicted molar refractivity (Wildman–Crippen MR) is 99.2 cm³/mol. The summed E-state index contributed by atoms with van der Waals surface area (Å²) in [6.45, 7) is 7.78. The Morgan fingerprint density at radius 1 is 1.28 bits per heavy atom. The first-order valence-electron chi connectivity index (χ1n) is 8.29. The summed E-state index contributed by atoms with van der Waals surface area (Å²) in [5.41, 5.74) is 1.74. The molecule has 1 N–H and O–H groups in total. The third-order valence-electron chi connectivity index (χ3n) is 4.30. The van der Waals surface area contributed by atoms with Crippen molar-refractivity contribution in [1.82, 2.24) is 9.80 Å². The number of benzene rings is 1. The number of piperazine rings is 1. The van der Waals surface area contributed by atoms with Gasteiger partial charge in [0.25, 0.3) is 0 Å². The summed E-state index contributed by atoms with van der Waals surface area (Å²) in [4.78, 5) is 27.4. The van der Waals surface area contributed by atoms with Gasteiger partial charge in [-0.2, -0.15) is 0 Å². The second-order valence-electron chi connectivity index (χ2n) is 5.76. The summed E-state index contributed by atoms with van der Waals surface area (Å²) in [7, 11) is 1.57. The molecule has 2 rings (SSSR count). The number of aryl methyl sites for hydroxylation is 1. The zero-order valence-corrected chi connectivity index (χ0v) is 15.4. The highest BCUT2D eigenvalue weighted by Crippen LogP contribution is 2.31. The van der Waals surface area contributed by atoms with Crippen LogP contribution >= 0.6 is 11.6 Å². The Morgan fingerprint density at radius 2 is 1.92 bits per heavy atom. The molecule has 1 aliphatic heterocycles. The lowest BCUT2D eigenvalue weighted by Crippen LogP contribution is -2.51. The molecular weight excluding hydrogens is 342 g/mol. The quantitative estimate of drug-likeness (QED) is 0.785. The maximum absolute atomic E-state index is 12.4. The molecule has 0 aliphatic carbocycles. The van der Waals surface area contributed by atoms with Crippen LogP contribution in [0.4, 0.5) is 5.69 Å². The van der Waals surface area contributed by atoms with Crippen molar-refractivity contribution < 1.29 is 14.3 Å². The van der Waals surface area contributed by atoms with Crippen LogP contribution in [0.3, 0.4) is 0 Å². The molecule has 2 amide bonds. The van der Waals surface area contributed by atoms with Crippen molar-refractivity contribution in [2.45, 2.75) is 13.3 Å². The fourth-order valence-corrected chi connectivity index (χ4v) is 3.05. The molecular formula is C18H24ClN3O3. The number of rotatable bonds is 6. The Morgan fingerprint density at radius 3 is 2.48 bits per heavy atom. The SMILES string of the molecule is C=CC(=O)N1CCN(C(=O)CNc2cc(CC)c(Cl)cc2OC)CC1. The number of nitrogens with one attached hydrogen (secondary N) is 1. The van der Waals surface area contributed by atoms with E-state index in [-0.39, 0.29) is 18.4 Å². The van der Waals surface area contributed by atoms with Gasteiger partial charge >= 0.3 is 0 Å². The van der Waals surface area contributed by atoms with E-state index in [1.54, 1.807) is 23.0 Å². The maximum Gasteiger partial charge on any atom is 0.246 e. The molecule has 136 valence electrons. The minimum Gasteiger partial charge on any atom is -0.495 e. The standard InChI is InChI=1S/C18H24ClN3O3/c1-4-13-10-15(16(25-3)11-14(13)19)20-12-18(24)22-8-6-21(7-9-22)17(23)5-2/h5,10-11,20H,2,4,6-9,12H2,1,3H3. The lowest BCUT2D eigenvalue weighted by atomic mass is 10.1. The molecule has 0 bridgehead atoms. The first-order valence-corrected chi connectivity index (χ1v) is 8.67. The average Bonchev–Trinajstić information content (AvgIpc) is 2.65. The van der Waals surface area contributed by atoms with Gasteiger partial charge in [-0.3, -0.25) is 9.59 Å². The van der Waals surface area contributed by atoms with E-state index < -0.39 is 0 Å². The predicted octanol–water partition coefficient (Wildman–Crippen LogP) is 2.18. The zero-order chi connectivity index (χ0) is 18.4. The Labute approximate surface area is 153 Å². The highest BCUT2D eigenvalue weighted by molar-refractivity contribution is 6.31. The fourth-order valence-electron chi connectivity index (χ4n) is 2.77. The molecule has 1 aliphatic rings. The van der Waals surface area contributed by atoms with Gasteiger partial charge in [0.05, 0.1) is 19.3 Å². The van der Waals surface area contributed by atoms with Crippen molar-refractivity contribution >= 4 is 29.1 Å². The molecule has 0 radical (unpaired) electrons. The minimum atomic E-state index is -0.0942. The molecule has 0 atom stereocenters. The summed E-state index contributed by atoms with van der Waals surface area (Å²) < 4.78 is 5.33. The summed E-state index contributed by atoms with van der Waals surface area (Å²) >= 11 is 6.19. The molecule has 6 nitrogen and oxygen atoms in total. The first-order chi connectivity index (χ1) is 12.0. The summed E-state index contributed by atoms with van der Waals surface area (Å²) in [5.74, 6) is 0.500. The molecule has 1 saturated heterocycles. The van der Waals surface area contributed by atoms with Gasteiger partial charge in [-0.25, -0.2) is 0 Å². The van der Waals surface area contributed by atoms with Gasteiger partial charge in [0, 0.05) is 37.3 Å². The van der Waals surface area contributed by atoms with Crippen LogP contribution in [0, 0.1) is 0 Å². The molecule has 1 aromatic rings.